The Labute approximate surface area is 244 Å². The zero-order chi connectivity index (χ0) is 28.5. The molecule has 5 aromatic rings. The van der Waals surface area contributed by atoms with Gasteiger partial charge in [0.15, 0.2) is 5.13 Å². The number of aromatic nitrogens is 5. The highest BCUT2D eigenvalue weighted by atomic mass is 32.1. The molecular weight excluding hydrogens is 559 g/mol. The number of anilines is 3. The number of halogens is 1. The number of amides is 1. The van der Waals surface area contributed by atoms with Crippen LogP contribution in [0.3, 0.4) is 0 Å². The summed E-state index contributed by atoms with van der Waals surface area (Å²) in [6.45, 7) is 4.09. The van der Waals surface area contributed by atoms with Gasteiger partial charge in [-0.05, 0) is 35.9 Å². The smallest absolute Gasteiger partial charge is 0.262 e. The number of fused-ring (bicyclic) bond motifs is 2. The molecule has 0 spiro atoms. The van der Waals surface area contributed by atoms with Crippen LogP contribution in [-0.2, 0) is 22.6 Å². The van der Waals surface area contributed by atoms with E-state index in [1.807, 2.05) is 28.9 Å². The van der Waals surface area contributed by atoms with E-state index in [0.29, 0.717) is 30.7 Å². The summed E-state index contributed by atoms with van der Waals surface area (Å²) >= 11 is 1.43. The quantitative estimate of drug-likeness (QED) is 0.277. The molecule has 2 aromatic carbocycles. The molecule has 2 aliphatic heterocycles. The molecule has 2 saturated heterocycles. The lowest BCUT2D eigenvalue weighted by Crippen LogP contribution is -2.36. The van der Waals surface area contributed by atoms with E-state index < -0.39 is 0 Å². The number of likely N-dealkylation sites (tertiary alicyclic amines) is 1. The number of carbonyl (C=O) groups excluding carboxylic acids is 1. The molecular formula is C29H27FN8O3S. The molecule has 0 bridgehead atoms. The van der Waals surface area contributed by atoms with Crippen molar-refractivity contribution in [2.24, 2.45) is 0 Å². The van der Waals surface area contributed by atoms with Crippen LogP contribution >= 0.6 is 11.3 Å². The second-order valence-corrected chi connectivity index (χ2v) is 11.3. The maximum atomic E-state index is 13.6. The summed E-state index contributed by atoms with van der Waals surface area (Å²) in [6, 6.07) is 12.2. The van der Waals surface area contributed by atoms with Crippen molar-refractivity contribution >= 4 is 44.8 Å². The first-order valence-corrected chi connectivity index (χ1v) is 14.4. The predicted molar refractivity (Wildman–Crippen MR) is 155 cm³/mol. The normalized spacial score (nSPS) is 18.7. The summed E-state index contributed by atoms with van der Waals surface area (Å²) in [6.07, 6.45) is 6.63. The predicted octanol–water partition coefficient (Wildman–Crippen LogP) is 4.07. The third kappa shape index (κ3) is 5.72. The first kappa shape index (κ1) is 26.6. The first-order chi connectivity index (χ1) is 20.6. The fraction of sp³-hybridized carbons (Fsp3) is 0.276. The van der Waals surface area contributed by atoms with Crippen LogP contribution in [0.15, 0.2) is 67.4 Å². The maximum absolute atomic E-state index is 13.6. The molecule has 42 heavy (non-hydrogen) atoms. The van der Waals surface area contributed by atoms with E-state index in [1.165, 1.54) is 36.0 Å². The van der Waals surface area contributed by atoms with Gasteiger partial charge in [0, 0.05) is 48.0 Å². The van der Waals surface area contributed by atoms with E-state index >= 15 is 0 Å². The molecule has 0 saturated carbocycles. The number of benzene rings is 2. The zero-order valence-electron chi connectivity index (χ0n) is 22.4. The topological polar surface area (TPSA) is 119 Å². The molecule has 214 valence electrons. The van der Waals surface area contributed by atoms with Crippen molar-refractivity contribution in [3.63, 3.8) is 0 Å². The van der Waals surface area contributed by atoms with Crippen molar-refractivity contribution in [3.05, 3.63) is 89.2 Å². The highest BCUT2D eigenvalue weighted by molar-refractivity contribution is 7.15. The molecule has 13 heteroatoms. The molecule has 2 N–H and O–H groups in total. The lowest BCUT2D eigenvalue weighted by molar-refractivity contribution is -0.116. The average Bonchev–Trinajstić information content (AvgIpc) is 3.72. The molecule has 2 aliphatic rings. The van der Waals surface area contributed by atoms with Crippen molar-refractivity contribution in [1.29, 1.82) is 0 Å². The summed E-state index contributed by atoms with van der Waals surface area (Å²) in [5, 5.41) is 12.0. The van der Waals surface area contributed by atoms with Gasteiger partial charge in [-0.25, -0.2) is 19.3 Å². The Morgan fingerprint density at radius 2 is 1.88 bits per heavy atom. The number of ether oxygens (including phenoxy) is 2. The second kappa shape index (κ2) is 11.5. The monoisotopic (exact) mass is 586 g/mol. The highest BCUT2D eigenvalue weighted by Crippen LogP contribution is 2.27. The van der Waals surface area contributed by atoms with Crippen molar-refractivity contribution in [2.45, 2.75) is 25.3 Å². The molecule has 2 atom stereocenters. The van der Waals surface area contributed by atoms with Crippen LogP contribution in [0.2, 0.25) is 0 Å². The van der Waals surface area contributed by atoms with Gasteiger partial charge in [-0.15, -0.1) is 11.3 Å². The van der Waals surface area contributed by atoms with E-state index in [2.05, 4.69) is 35.6 Å². The lowest BCUT2D eigenvalue weighted by atomic mass is 10.2. The molecule has 11 nitrogen and oxygen atoms in total. The van der Waals surface area contributed by atoms with Crippen molar-refractivity contribution in [3.8, 4) is 0 Å². The van der Waals surface area contributed by atoms with E-state index in [1.54, 1.807) is 18.5 Å². The molecule has 7 rings (SSSR count). The van der Waals surface area contributed by atoms with Crippen LogP contribution in [-0.4, -0.2) is 74.1 Å². The molecule has 3 aromatic heterocycles. The SMILES string of the molecule is O=C(Nc1ncc(CN2C[C@@H]3OCCO[C@@H]3C2)s1)c1cncnc1Nc1ccc2c(cnn2Cc2cccc(F)c2)c1. The van der Waals surface area contributed by atoms with Gasteiger partial charge in [-0.1, -0.05) is 12.1 Å². The van der Waals surface area contributed by atoms with Crippen LogP contribution in [0.4, 0.5) is 21.0 Å². The minimum atomic E-state index is -0.364. The third-order valence-electron chi connectivity index (χ3n) is 7.27. The number of nitrogens with zero attached hydrogens (tertiary/aromatic N) is 6. The summed E-state index contributed by atoms with van der Waals surface area (Å²) in [4.78, 5) is 29.3. The Morgan fingerprint density at radius 1 is 1.02 bits per heavy atom. The summed E-state index contributed by atoms with van der Waals surface area (Å²) in [5.74, 6) is -0.275. The van der Waals surface area contributed by atoms with Gasteiger partial charge in [0.2, 0.25) is 0 Å². The van der Waals surface area contributed by atoms with Crippen molar-refractivity contribution < 1.29 is 18.7 Å². The second-order valence-electron chi connectivity index (χ2n) is 10.2. The van der Waals surface area contributed by atoms with Gasteiger partial charge in [0.05, 0.1) is 43.7 Å². The minimum absolute atomic E-state index is 0.118. The van der Waals surface area contributed by atoms with E-state index in [4.69, 9.17) is 9.47 Å². The highest BCUT2D eigenvalue weighted by Gasteiger charge is 2.36. The van der Waals surface area contributed by atoms with Crippen LogP contribution in [0.25, 0.3) is 10.9 Å². The lowest BCUT2D eigenvalue weighted by Gasteiger charge is -2.24. The molecule has 0 aliphatic carbocycles. The number of carbonyl (C=O) groups is 1. The fourth-order valence-corrected chi connectivity index (χ4v) is 6.17. The average molecular weight is 587 g/mol. The molecule has 0 radical (unpaired) electrons. The Balaban J connectivity index is 1.01. The van der Waals surface area contributed by atoms with Gasteiger partial charge in [-0.2, -0.15) is 5.10 Å². The van der Waals surface area contributed by atoms with Gasteiger partial charge in [0.25, 0.3) is 5.91 Å². The van der Waals surface area contributed by atoms with Crippen LogP contribution in [0.5, 0.6) is 0 Å². The van der Waals surface area contributed by atoms with Crippen molar-refractivity contribution in [1.82, 2.24) is 29.6 Å². The Kier molecular flexibility index (Phi) is 7.30. The third-order valence-corrected chi connectivity index (χ3v) is 8.17. The Bertz CT molecular complexity index is 1730. The zero-order valence-corrected chi connectivity index (χ0v) is 23.3. The summed E-state index contributed by atoms with van der Waals surface area (Å²) < 4.78 is 27.1. The number of hydrogen-bond donors (Lipinski definition) is 2. The minimum Gasteiger partial charge on any atom is -0.372 e. The Hall–Kier alpha value is -4.30. The van der Waals surface area contributed by atoms with E-state index in [9.17, 15) is 9.18 Å². The number of thiazole rings is 1. The van der Waals surface area contributed by atoms with Crippen molar-refractivity contribution in [2.75, 3.05) is 36.9 Å². The van der Waals surface area contributed by atoms with Gasteiger partial charge in [-0.3, -0.25) is 19.7 Å². The fourth-order valence-electron chi connectivity index (χ4n) is 5.32. The summed E-state index contributed by atoms with van der Waals surface area (Å²) in [7, 11) is 0. The number of rotatable bonds is 8. The molecule has 0 unspecified atom stereocenters. The van der Waals surface area contributed by atoms with E-state index in [0.717, 1.165) is 46.7 Å². The molecule has 1 amide bonds. The standard InChI is InChI=1S/C29H27FN8O3S/c30-20-3-1-2-18(8-20)13-38-24-5-4-21(9-19(24)10-34-38)35-27-23(12-31-17-33-27)28(39)36-29-32-11-22(42-29)14-37-15-25-26(16-37)41-7-6-40-25/h1-5,8-12,17,25-26H,6-7,13-16H2,(H,31,33,35)(H,32,36,39)/t25-,26+. The largest absolute Gasteiger partial charge is 0.372 e. The van der Waals surface area contributed by atoms with Crippen LogP contribution in [0, 0.1) is 5.82 Å². The first-order valence-electron chi connectivity index (χ1n) is 13.6. The Morgan fingerprint density at radius 3 is 2.71 bits per heavy atom. The number of nitrogens with one attached hydrogen (secondary N) is 2. The maximum Gasteiger partial charge on any atom is 0.262 e. The summed E-state index contributed by atoms with van der Waals surface area (Å²) in [5.41, 5.74) is 2.74. The molecule has 2 fully saturated rings. The van der Waals surface area contributed by atoms with E-state index in [-0.39, 0.29) is 29.5 Å². The van der Waals surface area contributed by atoms with Gasteiger partial charge in [0.1, 0.15) is 23.5 Å². The van der Waals surface area contributed by atoms with Crippen LogP contribution in [0.1, 0.15) is 20.8 Å². The molecule has 5 heterocycles. The van der Waals surface area contributed by atoms with Gasteiger partial charge >= 0.3 is 0 Å². The van der Waals surface area contributed by atoms with Gasteiger partial charge < -0.3 is 14.8 Å². The number of hydrogen-bond acceptors (Lipinski definition) is 10. The van der Waals surface area contributed by atoms with Crippen LogP contribution < -0.4 is 10.6 Å².